The van der Waals surface area contributed by atoms with Crippen molar-refractivity contribution in [1.82, 2.24) is 14.5 Å². The van der Waals surface area contributed by atoms with Gasteiger partial charge < -0.3 is 14.6 Å². The molecular formula is C23H35BN4O5S. The van der Waals surface area contributed by atoms with Crippen LogP contribution in [0, 0.1) is 0 Å². The Morgan fingerprint density at radius 1 is 1.12 bits per heavy atom. The normalized spacial score (nSPS) is 17.8. The summed E-state index contributed by atoms with van der Waals surface area (Å²) >= 11 is 0. The maximum absolute atomic E-state index is 12.8. The summed E-state index contributed by atoms with van der Waals surface area (Å²) in [7, 11) is -4.71. The number of anilines is 1. The van der Waals surface area contributed by atoms with E-state index in [0.717, 1.165) is 11.0 Å². The molecule has 0 aliphatic carbocycles. The van der Waals surface area contributed by atoms with Gasteiger partial charge in [0.2, 0.25) is 0 Å². The van der Waals surface area contributed by atoms with Gasteiger partial charge in [-0.05, 0) is 64.1 Å². The van der Waals surface area contributed by atoms with Crippen molar-refractivity contribution in [3.05, 3.63) is 36.2 Å². The zero-order chi connectivity index (χ0) is 25.7. The van der Waals surface area contributed by atoms with Crippen molar-refractivity contribution in [3.63, 3.8) is 0 Å². The second-order valence-corrected chi connectivity index (χ2v) is 12.6. The fourth-order valence-electron chi connectivity index (χ4n) is 3.52. The first-order valence-corrected chi connectivity index (χ1v) is 12.8. The lowest BCUT2D eigenvalue weighted by Gasteiger charge is -2.32. The second kappa shape index (κ2) is 8.69. The van der Waals surface area contributed by atoms with Gasteiger partial charge in [0.15, 0.2) is 0 Å². The molecule has 1 aromatic heterocycles. The molecule has 3 rings (SSSR count). The summed E-state index contributed by atoms with van der Waals surface area (Å²) in [5.41, 5.74) is 0.704. The molecule has 1 fully saturated rings. The number of benzene rings is 1. The molecule has 9 nitrogen and oxygen atoms in total. The van der Waals surface area contributed by atoms with E-state index in [1.54, 1.807) is 6.07 Å². The molecule has 2 N–H and O–H groups in total. The molecule has 0 radical (unpaired) electrons. The lowest BCUT2D eigenvalue weighted by atomic mass is 9.76. The first kappa shape index (κ1) is 26.2. The highest BCUT2D eigenvalue weighted by Crippen LogP contribution is 2.37. The molecule has 11 heteroatoms. The summed E-state index contributed by atoms with van der Waals surface area (Å²) in [6.45, 7) is 17.7. The van der Waals surface area contributed by atoms with Crippen molar-refractivity contribution in [2.24, 2.45) is 0 Å². The molecule has 34 heavy (non-hydrogen) atoms. The Hall–Kier alpha value is -2.37. The molecule has 2 aromatic rings. The predicted octanol–water partition coefficient (Wildman–Crippen LogP) is 3.57. The topological polar surface area (TPSA) is 112 Å². The van der Waals surface area contributed by atoms with E-state index >= 15 is 0 Å². The Bertz CT molecular complexity index is 1170. The van der Waals surface area contributed by atoms with E-state index in [0.29, 0.717) is 5.69 Å². The van der Waals surface area contributed by atoms with Crippen molar-refractivity contribution in [1.29, 1.82) is 0 Å². The van der Waals surface area contributed by atoms with Gasteiger partial charge in [-0.3, -0.25) is 4.68 Å². The fraction of sp³-hybridized carbons (Fsp3) is 0.565. The quantitative estimate of drug-likeness (QED) is 0.620. The van der Waals surface area contributed by atoms with Crippen LogP contribution in [0.3, 0.4) is 0 Å². The summed E-state index contributed by atoms with van der Waals surface area (Å²) < 4.78 is 41.3. The summed E-state index contributed by atoms with van der Waals surface area (Å²) in [6.07, 6.45) is 2.61. The minimum atomic E-state index is -4.09. The minimum absolute atomic E-state index is 0.00941. The van der Waals surface area contributed by atoms with E-state index in [9.17, 15) is 13.2 Å². The number of carbonyl (C=O) groups excluding carboxylic acids is 1. The fourth-order valence-corrected chi connectivity index (χ4v) is 4.36. The number of aromatic nitrogens is 2. The average molecular weight is 490 g/mol. The van der Waals surface area contributed by atoms with Gasteiger partial charge in [-0.15, -0.1) is 0 Å². The highest BCUT2D eigenvalue weighted by molar-refractivity contribution is 7.90. The van der Waals surface area contributed by atoms with E-state index in [1.165, 1.54) is 17.1 Å². The first-order valence-electron chi connectivity index (χ1n) is 11.3. The number of sulfonamides is 1. The number of rotatable bonds is 5. The lowest BCUT2D eigenvalue weighted by Crippen LogP contribution is -2.41. The number of hydrogen-bond acceptors (Lipinski definition) is 6. The lowest BCUT2D eigenvalue weighted by molar-refractivity contribution is 0.00578. The standard InChI is InChI=1S/C23H35BN4O5S/c1-15(2)28-14-17(13-25-28)34(30,31)27-20(29)26-19-12-16(10-11-18(19)21(3,4)5)24-32-22(6,7)23(8,9)33-24/h10-15H,1-9H3,(H2,26,27,29). The van der Waals surface area contributed by atoms with Crippen molar-refractivity contribution < 1.29 is 22.5 Å². The van der Waals surface area contributed by atoms with Crippen molar-refractivity contribution in [2.75, 3.05) is 5.32 Å². The smallest absolute Gasteiger partial charge is 0.399 e. The summed E-state index contributed by atoms with van der Waals surface area (Å²) in [5, 5.41) is 6.75. The third-order valence-electron chi connectivity index (χ3n) is 6.27. The van der Waals surface area contributed by atoms with E-state index in [4.69, 9.17) is 9.31 Å². The number of nitrogens with one attached hydrogen (secondary N) is 2. The van der Waals surface area contributed by atoms with E-state index in [-0.39, 0.29) is 16.4 Å². The number of nitrogens with zero attached hydrogens (tertiary/aromatic N) is 2. The Morgan fingerprint density at radius 3 is 2.21 bits per heavy atom. The van der Waals surface area contributed by atoms with Gasteiger partial charge in [-0.2, -0.15) is 5.10 Å². The second-order valence-electron chi connectivity index (χ2n) is 11.0. The van der Waals surface area contributed by atoms with Crippen LogP contribution in [-0.2, 0) is 24.7 Å². The molecule has 2 heterocycles. The van der Waals surface area contributed by atoms with Crippen LogP contribution in [0.25, 0.3) is 0 Å². The van der Waals surface area contributed by atoms with E-state index in [2.05, 4.69) is 15.1 Å². The van der Waals surface area contributed by atoms with Crippen LogP contribution < -0.4 is 15.5 Å². The predicted molar refractivity (Wildman–Crippen MR) is 133 cm³/mol. The monoisotopic (exact) mass is 490 g/mol. The molecule has 1 aliphatic heterocycles. The van der Waals surface area contributed by atoms with Gasteiger partial charge in [0.25, 0.3) is 10.0 Å². The molecule has 0 atom stereocenters. The summed E-state index contributed by atoms with van der Waals surface area (Å²) in [5.74, 6) is 0. The van der Waals surface area contributed by atoms with Crippen LogP contribution >= 0.6 is 0 Å². The molecule has 1 aromatic carbocycles. The van der Waals surface area contributed by atoms with E-state index < -0.39 is 34.4 Å². The SMILES string of the molecule is CC(C)n1cc(S(=O)(=O)NC(=O)Nc2cc(B3OC(C)(C)C(C)(C)O3)ccc2C(C)(C)C)cn1. The Labute approximate surface area is 202 Å². The molecule has 2 amide bonds. The maximum atomic E-state index is 12.8. The zero-order valence-corrected chi connectivity index (χ0v) is 22.2. The van der Waals surface area contributed by atoms with Crippen LogP contribution in [0.15, 0.2) is 35.5 Å². The minimum Gasteiger partial charge on any atom is -0.399 e. The average Bonchev–Trinajstić information content (AvgIpc) is 3.24. The number of urea groups is 1. The van der Waals surface area contributed by atoms with Crippen molar-refractivity contribution in [2.45, 2.75) is 89.9 Å². The van der Waals surface area contributed by atoms with E-state index in [1.807, 2.05) is 74.4 Å². The zero-order valence-electron chi connectivity index (χ0n) is 21.4. The van der Waals surface area contributed by atoms with Gasteiger partial charge in [0.05, 0.1) is 17.4 Å². The summed E-state index contributed by atoms with van der Waals surface area (Å²) in [6, 6.07) is 4.70. The summed E-state index contributed by atoms with van der Waals surface area (Å²) in [4.78, 5) is 12.7. The molecule has 1 saturated heterocycles. The maximum Gasteiger partial charge on any atom is 0.494 e. The number of hydrogen-bond donors (Lipinski definition) is 2. The Morgan fingerprint density at radius 2 is 1.71 bits per heavy atom. The Balaban J connectivity index is 1.87. The highest BCUT2D eigenvalue weighted by Gasteiger charge is 2.51. The molecule has 0 spiro atoms. The third kappa shape index (κ3) is 5.31. The van der Waals surface area contributed by atoms with Crippen LogP contribution in [0.2, 0.25) is 0 Å². The molecular weight excluding hydrogens is 455 g/mol. The number of carbonyl (C=O) groups is 1. The van der Waals surface area contributed by atoms with Gasteiger partial charge in [-0.25, -0.2) is 17.9 Å². The largest absolute Gasteiger partial charge is 0.494 e. The molecule has 0 bridgehead atoms. The third-order valence-corrected chi connectivity index (χ3v) is 7.56. The van der Waals surface area contributed by atoms with Crippen LogP contribution in [0.4, 0.5) is 10.5 Å². The molecule has 1 aliphatic rings. The number of amides is 2. The highest BCUT2D eigenvalue weighted by atomic mass is 32.2. The van der Waals surface area contributed by atoms with Crippen LogP contribution in [0.5, 0.6) is 0 Å². The molecule has 0 unspecified atom stereocenters. The molecule has 0 saturated carbocycles. The Kier molecular flexibility index (Phi) is 6.71. The molecule has 186 valence electrons. The van der Waals surface area contributed by atoms with Crippen molar-refractivity contribution in [3.8, 4) is 0 Å². The van der Waals surface area contributed by atoms with Gasteiger partial charge in [0, 0.05) is 17.9 Å². The van der Waals surface area contributed by atoms with Gasteiger partial charge in [-0.1, -0.05) is 32.9 Å². The van der Waals surface area contributed by atoms with Gasteiger partial charge in [0.1, 0.15) is 4.90 Å². The van der Waals surface area contributed by atoms with Gasteiger partial charge >= 0.3 is 13.1 Å². The van der Waals surface area contributed by atoms with Crippen LogP contribution in [-0.4, -0.2) is 42.5 Å². The van der Waals surface area contributed by atoms with Crippen LogP contribution in [0.1, 0.15) is 73.9 Å². The first-order chi connectivity index (χ1) is 15.4. The van der Waals surface area contributed by atoms with Crippen molar-refractivity contribution >= 4 is 34.3 Å².